The number of imide groups is 1. The molecule has 3 fully saturated rings. The molecule has 216 valence electrons. The first kappa shape index (κ1) is 30.7. The number of carboxylic acid groups (broad SMARTS) is 1. The fourth-order valence-corrected chi connectivity index (χ4v) is 6.80. The second-order valence-electron chi connectivity index (χ2n) is 9.50. The van der Waals surface area contributed by atoms with Crippen molar-refractivity contribution in [2.45, 2.75) is 62.2 Å². The van der Waals surface area contributed by atoms with E-state index in [1.165, 1.54) is 12.0 Å². The summed E-state index contributed by atoms with van der Waals surface area (Å²) in [5, 5.41) is 7.12. The van der Waals surface area contributed by atoms with E-state index in [0.717, 1.165) is 41.2 Å². The Labute approximate surface area is 229 Å². The third-order valence-electron chi connectivity index (χ3n) is 7.44. The zero-order chi connectivity index (χ0) is 29.1. The normalized spacial score (nSPS) is 26.4. The molecule has 4 atom stereocenters. The Morgan fingerprint density at radius 2 is 1.82 bits per heavy atom. The minimum absolute atomic E-state index is 0.187. The number of hydrogen-bond donors (Lipinski definition) is 1. The van der Waals surface area contributed by atoms with Crippen molar-refractivity contribution in [3.8, 4) is 5.75 Å². The Hall–Kier alpha value is -2.80. The van der Waals surface area contributed by atoms with E-state index >= 15 is 0 Å². The lowest BCUT2D eigenvalue weighted by Crippen LogP contribution is -2.59. The molecule has 4 rings (SSSR count). The maximum Gasteiger partial charge on any atom is 0.490 e. The number of carbonyl (C=O) groups excluding carboxylic acids is 3. The predicted octanol–water partition coefficient (Wildman–Crippen LogP) is 3.90. The molecule has 3 heterocycles. The van der Waals surface area contributed by atoms with Crippen molar-refractivity contribution in [3.05, 3.63) is 23.8 Å². The number of alkyl halides is 3. The van der Waals surface area contributed by atoms with Gasteiger partial charge in [0.1, 0.15) is 11.3 Å². The summed E-state index contributed by atoms with van der Waals surface area (Å²) in [6, 6.07) is 5.67. The quantitative estimate of drug-likeness (QED) is 0.294. The molecule has 9 nitrogen and oxygen atoms in total. The van der Waals surface area contributed by atoms with Gasteiger partial charge in [-0.25, -0.2) is 4.79 Å². The van der Waals surface area contributed by atoms with E-state index < -0.39 is 35.5 Å². The number of thioether (sulfide) groups is 1. The van der Waals surface area contributed by atoms with E-state index in [1.54, 1.807) is 25.8 Å². The van der Waals surface area contributed by atoms with Crippen molar-refractivity contribution < 1.29 is 46.9 Å². The van der Waals surface area contributed by atoms with Crippen LogP contribution >= 0.6 is 11.8 Å². The van der Waals surface area contributed by atoms with Gasteiger partial charge in [-0.1, -0.05) is 13.0 Å². The summed E-state index contributed by atoms with van der Waals surface area (Å²) in [6.07, 6.45) is -1.77. The van der Waals surface area contributed by atoms with Gasteiger partial charge in [-0.05, 0) is 62.6 Å². The van der Waals surface area contributed by atoms with Gasteiger partial charge in [0.05, 0.1) is 26.1 Å². The number of fused-ring (bicyclic) bond motifs is 3. The number of hydrogen-bond acceptors (Lipinski definition) is 8. The topological polar surface area (TPSA) is 113 Å². The van der Waals surface area contributed by atoms with Crippen LogP contribution in [0.1, 0.15) is 51.1 Å². The minimum Gasteiger partial charge on any atom is -0.496 e. The van der Waals surface area contributed by atoms with Crippen LogP contribution in [0, 0.1) is 11.8 Å². The van der Waals surface area contributed by atoms with E-state index in [4.69, 9.17) is 19.4 Å². The summed E-state index contributed by atoms with van der Waals surface area (Å²) in [7, 11) is 3.02. The largest absolute Gasteiger partial charge is 0.496 e. The Morgan fingerprint density at radius 1 is 1.15 bits per heavy atom. The Balaban J connectivity index is 0.000000532. The van der Waals surface area contributed by atoms with Gasteiger partial charge in [0.15, 0.2) is 0 Å². The van der Waals surface area contributed by atoms with Gasteiger partial charge in [0.2, 0.25) is 11.8 Å². The lowest BCUT2D eigenvalue weighted by molar-refractivity contribution is -0.192. The van der Waals surface area contributed by atoms with Crippen LogP contribution in [-0.2, 0) is 23.9 Å². The Bertz CT molecular complexity index is 1120. The highest BCUT2D eigenvalue weighted by molar-refractivity contribution is 7.99. The third-order valence-corrected chi connectivity index (χ3v) is 8.70. The van der Waals surface area contributed by atoms with Crippen LogP contribution in [0.25, 0.3) is 0 Å². The average molecular weight is 575 g/mol. The van der Waals surface area contributed by atoms with Crippen molar-refractivity contribution in [1.29, 1.82) is 0 Å². The number of methoxy groups -OCH3 is 2. The van der Waals surface area contributed by atoms with Crippen molar-refractivity contribution in [2.75, 3.05) is 33.1 Å². The summed E-state index contributed by atoms with van der Waals surface area (Å²) in [5.41, 5.74) is -0.188. The molecular weight excluding hydrogens is 541 g/mol. The zero-order valence-corrected chi connectivity index (χ0v) is 23.1. The fraction of sp³-hybridized carbons (Fsp3) is 0.615. The smallest absolute Gasteiger partial charge is 0.490 e. The Kier molecular flexibility index (Phi) is 9.58. The van der Waals surface area contributed by atoms with Gasteiger partial charge in [0.25, 0.3) is 0 Å². The summed E-state index contributed by atoms with van der Waals surface area (Å²) in [6.45, 7) is 4.90. The van der Waals surface area contributed by atoms with Gasteiger partial charge < -0.3 is 14.6 Å². The number of amides is 2. The second kappa shape index (κ2) is 12.2. The van der Waals surface area contributed by atoms with Crippen LogP contribution in [0.2, 0.25) is 0 Å². The highest BCUT2D eigenvalue weighted by Crippen LogP contribution is 2.58. The molecule has 3 aliphatic rings. The summed E-state index contributed by atoms with van der Waals surface area (Å²) in [5.74, 6) is -3.17. The van der Waals surface area contributed by atoms with E-state index in [0.29, 0.717) is 19.5 Å². The number of rotatable bonds is 7. The number of ether oxygens (including phenoxy) is 2. The van der Waals surface area contributed by atoms with E-state index in [1.807, 2.05) is 18.2 Å². The lowest BCUT2D eigenvalue weighted by Gasteiger charge is -2.44. The summed E-state index contributed by atoms with van der Waals surface area (Å²) >= 11 is 1.74. The molecule has 0 unspecified atom stereocenters. The van der Waals surface area contributed by atoms with Gasteiger partial charge >= 0.3 is 18.1 Å². The zero-order valence-electron chi connectivity index (χ0n) is 22.2. The SMILES string of the molecule is CCCSc1ccc([C@@H]2[C@H]3C(=O)N(CC)C(=O)[C@H]3[C@]3(C(=O)OC)CCCCN23)cc1OC.O=C(O)C(F)(F)F. The first-order valence-electron chi connectivity index (χ1n) is 12.7. The lowest BCUT2D eigenvalue weighted by atomic mass is 9.75. The summed E-state index contributed by atoms with van der Waals surface area (Å²) < 4.78 is 42.7. The van der Waals surface area contributed by atoms with Crippen LogP contribution in [0.3, 0.4) is 0 Å². The molecule has 0 aromatic heterocycles. The number of aliphatic carboxylic acids is 1. The molecule has 3 aliphatic heterocycles. The number of esters is 1. The molecule has 1 N–H and O–H groups in total. The number of carboxylic acids is 1. The second-order valence-corrected chi connectivity index (χ2v) is 10.6. The first-order valence-corrected chi connectivity index (χ1v) is 13.7. The fourth-order valence-electron chi connectivity index (χ4n) is 5.93. The van der Waals surface area contributed by atoms with E-state index in [-0.39, 0.29) is 17.9 Å². The number of likely N-dealkylation sites (tertiary alicyclic amines) is 1. The molecule has 0 bridgehead atoms. The number of nitrogens with zero attached hydrogens (tertiary/aromatic N) is 2. The predicted molar refractivity (Wildman–Crippen MR) is 135 cm³/mol. The summed E-state index contributed by atoms with van der Waals surface area (Å²) in [4.78, 5) is 53.5. The average Bonchev–Trinajstić information content (AvgIpc) is 3.36. The molecule has 1 aromatic carbocycles. The van der Waals surface area contributed by atoms with Crippen LogP contribution < -0.4 is 4.74 Å². The monoisotopic (exact) mass is 574 g/mol. The third kappa shape index (κ3) is 5.47. The van der Waals surface area contributed by atoms with Crippen LogP contribution in [0.15, 0.2) is 23.1 Å². The molecule has 3 saturated heterocycles. The van der Waals surface area contributed by atoms with Gasteiger partial charge in [-0.3, -0.25) is 24.2 Å². The number of benzene rings is 1. The van der Waals surface area contributed by atoms with Crippen molar-refractivity contribution in [3.63, 3.8) is 0 Å². The van der Waals surface area contributed by atoms with Crippen LogP contribution in [0.4, 0.5) is 13.2 Å². The Morgan fingerprint density at radius 3 is 2.36 bits per heavy atom. The molecule has 0 spiro atoms. The number of piperidine rings is 1. The highest BCUT2D eigenvalue weighted by Gasteiger charge is 2.72. The molecule has 39 heavy (non-hydrogen) atoms. The van der Waals surface area contributed by atoms with Crippen LogP contribution in [-0.4, -0.2) is 83.4 Å². The highest BCUT2D eigenvalue weighted by atomic mass is 32.2. The number of carbonyl (C=O) groups is 4. The number of halogens is 3. The maximum atomic E-state index is 13.5. The van der Waals surface area contributed by atoms with Gasteiger partial charge in [-0.15, -0.1) is 11.8 Å². The van der Waals surface area contributed by atoms with Crippen molar-refractivity contribution in [2.24, 2.45) is 11.8 Å². The van der Waals surface area contributed by atoms with Crippen molar-refractivity contribution in [1.82, 2.24) is 9.80 Å². The van der Waals surface area contributed by atoms with E-state index in [9.17, 15) is 27.6 Å². The molecule has 1 aromatic rings. The maximum absolute atomic E-state index is 13.5. The van der Waals surface area contributed by atoms with E-state index in [2.05, 4.69) is 11.8 Å². The molecule has 2 amide bonds. The standard InChI is InChI=1S/C24H32N2O5S.C2HF3O2/c1-5-13-32-17-10-9-15(14-16(17)30-3)20-18-19(22(28)25(6-2)21(18)27)24(23(29)31-4)11-7-8-12-26(20)24;3-2(4,5)1(6)7/h9-10,14,18-20H,5-8,11-13H2,1-4H3;(H,6,7)/t18-,19-,20+,24-;/m0./s1. The molecule has 13 heteroatoms. The van der Waals surface area contributed by atoms with Gasteiger partial charge in [-0.2, -0.15) is 13.2 Å². The van der Waals surface area contributed by atoms with Crippen molar-refractivity contribution >= 4 is 35.5 Å². The molecule has 0 radical (unpaired) electrons. The molecular formula is C26H33F3N2O7S. The molecule has 0 saturated carbocycles. The van der Waals surface area contributed by atoms with Crippen LogP contribution in [0.5, 0.6) is 5.75 Å². The minimum atomic E-state index is -5.08. The molecule has 0 aliphatic carbocycles. The first-order chi connectivity index (χ1) is 18.4. The van der Waals surface area contributed by atoms with Gasteiger partial charge in [0, 0.05) is 17.5 Å².